The minimum absolute atomic E-state index is 0.303. The van der Waals surface area contributed by atoms with Gasteiger partial charge in [-0.1, -0.05) is 30.3 Å². The van der Waals surface area contributed by atoms with Crippen LogP contribution in [-0.4, -0.2) is 11.1 Å². The van der Waals surface area contributed by atoms with Crippen molar-refractivity contribution < 1.29 is 14.6 Å². The second-order valence-corrected chi connectivity index (χ2v) is 3.14. The quantitative estimate of drug-likeness (QED) is 0.448. The van der Waals surface area contributed by atoms with Crippen LogP contribution < -0.4 is 0 Å². The second kappa shape index (κ2) is 4.03. The lowest BCUT2D eigenvalue weighted by Gasteiger charge is -2.20. The summed E-state index contributed by atoms with van der Waals surface area (Å²) in [5.74, 6) is -1.33. The number of nitrogens with zero attached hydrogens (tertiary/aromatic N) is 1. The average molecular weight is 209 g/mol. The van der Waals surface area contributed by atoms with Gasteiger partial charge >= 0.3 is 5.97 Å². The molecular weight excluding hydrogens is 202 g/mol. The predicted octanol–water partition coefficient (Wildman–Crippen LogP) is 1.35. The Kier molecular flexibility index (Phi) is 2.99. The molecule has 0 fully saturated rings. The first-order valence-electron chi connectivity index (χ1n) is 3.69. The zero-order valence-electron chi connectivity index (χ0n) is 7.04. The van der Waals surface area contributed by atoms with E-state index >= 15 is 0 Å². The molecule has 0 aliphatic carbocycles. The molecule has 1 atom stereocenters. The minimum atomic E-state index is -1.91. The fraction of sp³-hybridized carbons (Fsp3) is 0.111. The maximum absolute atomic E-state index is 10.9. The zero-order chi connectivity index (χ0) is 10.6. The molecule has 1 aromatic rings. The van der Waals surface area contributed by atoms with E-state index in [0.717, 1.165) is 0 Å². The summed E-state index contributed by atoms with van der Waals surface area (Å²) >= 11 is 3.84. The van der Waals surface area contributed by atoms with Gasteiger partial charge in [0.25, 0.3) is 11.2 Å². The van der Waals surface area contributed by atoms with Crippen LogP contribution in [0.25, 0.3) is 0 Å². The highest BCUT2D eigenvalue weighted by molar-refractivity contribution is 7.82. The monoisotopic (exact) mass is 209 g/mol. The smallest absolute Gasteiger partial charge is 0.364 e. The van der Waals surface area contributed by atoms with Crippen LogP contribution in [0.15, 0.2) is 30.3 Å². The summed E-state index contributed by atoms with van der Waals surface area (Å²) in [6.07, 6.45) is 1.33. The number of benzene rings is 1. The lowest BCUT2D eigenvalue weighted by molar-refractivity contribution is -0.149. The van der Waals surface area contributed by atoms with Crippen LogP contribution in [0.4, 0.5) is 0 Å². The maximum atomic E-state index is 10.9. The van der Waals surface area contributed by atoms with Crippen LogP contribution >= 0.6 is 12.6 Å². The topological polar surface area (TPSA) is 70.3 Å². The van der Waals surface area contributed by atoms with Crippen molar-refractivity contribution in [1.82, 2.24) is 0 Å². The first-order chi connectivity index (χ1) is 6.61. The Morgan fingerprint density at radius 1 is 1.50 bits per heavy atom. The average Bonchev–Trinajstić information content (AvgIpc) is 2.19. The van der Waals surface area contributed by atoms with Gasteiger partial charge in [0.2, 0.25) is 0 Å². The summed E-state index contributed by atoms with van der Waals surface area (Å²) in [7, 11) is 0. The Morgan fingerprint density at radius 3 is 2.50 bits per heavy atom. The number of rotatable bonds is 3. The predicted molar refractivity (Wildman–Crippen MR) is 51.4 cm³/mol. The Balaban J connectivity index is 3.14. The molecule has 1 rings (SSSR count). The molecule has 1 N–H and O–H groups in total. The van der Waals surface area contributed by atoms with Crippen LogP contribution in [0.2, 0.25) is 0 Å². The van der Waals surface area contributed by atoms with E-state index in [1.54, 1.807) is 18.2 Å². The minimum Gasteiger partial charge on any atom is -0.477 e. The lowest BCUT2D eigenvalue weighted by atomic mass is 10.1. The standard InChI is InChI=1S/C9H7NO3S/c10-6-13-9(14,8(11)12)7-4-2-1-3-5-7/h1-5,14H,(H,11,12). The van der Waals surface area contributed by atoms with Crippen LogP contribution in [0, 0.1) is 11.5 Å². The molecule has 0 aliphatic rings. The number of hydrogen-bond acceptors (Lipinski definition) is 4. The van der Waals surface area contributed by atoms with Gasteiger partial charge in [-0.25, -0.2) is 4.79 Å². The lowest BCUT2D eigenvalue weighted by Crippen LogP contribution is -2.31. The van der Waals surface area contributed by atoms with E-state index in [1.165, 1.54) is 18.4 Å². The van der Waals surface area contributed by atoms with E-state index in [-0.39, 0.29) is 0 Å². The molecule has 1 aromatic carbocycles. The highest BCUT2D eigenvalue weighted by Crippen LogP contribution is 2.29. The first-order valence-corrected chi connectivity index (χ1v) is 4.14. The van der Waals surface area contributed by atoms with E-state index in [1.807, 2.05) is 0 Å². The van der Waals surface area contributed by atoms with Crippen molar-refractivity contribution in [2.75, 3.05) is 0 Å². The molecule has 72 valence electrons. The highest BCUT2D eigenvalue weighted by atomic mass is 32.1. The first kappa shape index (κ1) is 10.4. The molecular formula is C9H7NO3S. The van der Waals surface area contributed by atoms with Gasteiger partial charge in [-0.2, -0.15) is 5.26 Å². The van der Waals surface area contributed by atoms with E-state index in [0.29, 0.717) is 5.56 Å². The number of carboxylic acid groups (broad SMARTS) is 1. The van der Waals surface area contributed by atoms with Crippen molar-refractivity contribution in [2.45, 2.75) is 4.93 Å². The third kappa shape index (κ3) is 1.80. The van der Waals surface area contributed by atoms with Crippen molar-refractivity contribution in [1.29, 1.82) is 5.26 Å². The van der Waals surface area contributed by atoms with Gasteiger partial charge in [0.05, 0.1) is 0 Å². The van der Waals surface area contributed by atoms with Crippen LogP contribution in [0.1, 0.15) is 5.56 Å². The molecule has 0 amide bonds. The Bertz CT molecular complexity index is 373. The van der Waals surface area contributed by atoms with Gasteiger partial charge in [0, 0.05) is 5.56 Å². The number of nitriles is 1. The molecule has 4 nitrogen and oxygen atoms in total. The number of ether oxygens (including phenoxy) is 1. The van der Waals surface area contributed by atoms with Gasteiger partial charge in [-0.3, -0.25) is 0 Å². The summed E-state index contributed by atoms with van der Waals surface area (Å²) in [6, 6.07) is 8.07. The Hall–Kier alpha value is -1.67. The summed E-state index contributed by atoms with van der Waals surface area (Å²) in [4.78, 5) is 8.95. The molecule has 0 saturated carbocycles. The number of carboxylic acids is 1. The van der Waals surface area contributed by atoms with Gasteiger partial charge in [0.15, 0.2) is 0 Å². The van der Waals surface area contributed by atoms with Gasteiger partial charge in [-0.05, 0) is 0 Å². The Morgan fingerprint density at radius 2 is 2.07 bits per heavy atom. The fourth-order valence-electron chi connectivity index (χ4n) is 0.956. The third-order valence-corrected chi connectivity index (χ3v) is 2.19. The van der Waals surface area contributed by atoms with E-state index in [2.05, 4.69) is 17.4 Å². The molecule has 0 aliphatic heterocycles. The molecule has 14 heavy (non-hydrogen) atoms. The summed E-state index contributed by atoms with van der Waals surface area (Å²) in [5.41, 5.74) is 0.303. The normalized spacial score (nSPS) is 13.7. The SMILES string of the molecule is N#COC(S)(C(=O)O)c1ccccc1. The maximum Gasteiger partial charge on any atom is 0.364 e. The largest absolute Gasteiger partial charge is 0.477 e. The van der Waals surface area contributed by atoms with Crippen LogP contribution in [0.3, 0.4) is 0 Å². The number of hydrogen-bond donors (Lipinski definition) is 2. The molecule has 0 bridgehead atoms. The molecule has 0 radical (unpaired) electrons. The van der Waals surface area contributed by atoms with E-state index < -0.39 is 10.9 Å². The van der Waals surface area contributed by atoms with Gasteiger partial charge in [-0.15, -0.1) is 12.6 Å². The zero-order valence-corrected chi connectivity index (χ0v) is 7.94. The van der Waals surface area contributed by atoms with Gasteiger partial charge in [0.1, 0.15) is 0 Å². The van der Waals surface area contributed by atoms with Crippen molar-refractivity contribution in [2.24, 2.45) is 0 Å². The molecule has 0 saturated heterocycles. The van der Waals surface area contributed by atoms with Crippen molar-refractivity contribution in [3.05, 3.63) is 35.9 Å². The van der Waals surface area contributed by atoms with Crippen molar-refractivity contribution in [3.8, 4) is 6.26 Å². The number of carbonyl (C=O) groups is 1. The number of aliphatic carboxylic acids is 1. The summed E-state index contributed by atoms with van der Waals surface area (Å²) in [6.45, 7) is 0. The molecule has 0 aromatic heterocycles. The van der Waals surface area contributed by atoms with Crippen molar-refractivity contribution >= 4 is 18.6 Å². The Labute approximate surface area is 86.1 Å². The van der Waals surface area contributed by atoms with Crippen molar-refractivity contribution in [3.63, 3.8) is 0 Å². The molecule has 1 unspecified atom stereocenters. The van der Waals surface area contributed by atoms with E-state index in [9.17, 15) is 4.79 Å². The van der Waals surface area contributed by atoms with Crippen LogP contribution in [0.5, 0.6) is 0 Å². The molecule has 5 heteroatoms. The molecule has 0 spiro atoms. The molecule has 0 heterocycles. The fourth-order valence-corrected chi connectivity index (χ4v) is 1.15. The number of thiol groups is 1. The van der Waals surface area contributed by atoms with Gasteiger partial charge < -0.3 is 9.84 Å². The third-order valence-electron chi connectivity index (χ3n) is 1.65. The van der Waals surface area contributed by atoms with E-state index in [4.69, 9.17) is 10.4 Å². The second-order valence-electron chi connectivity index (χ2n) is 2.51. The summed E-state index contributed by atoms with van der Waals surface area (Å²) in [5, 5.41) is 17.2. The summed E-state index contributed by atoms with van der Waals surface area (Å²) < 4.78 is 4.45. The highest BCUT2D eigenvalue weighted by Gasteiger charge is 2.39. The van der Waals surface area contributed by atoms with Crippen LogP contribution in [-0.2, 0) is 14.5 Å².